The second-order valence-electron chi connectivity index (χ2n) is 7.89. The van der Waals surface area contributed by atoms with Gasteiger partial charge in [-0.2, -0.15) is 0 Å². The first-order valence-corrected chi connectivity index (χ1v) is 8.56. The predicted octanol–water partition coefficient (Wildman–Crippen LogP) is 5.91. The molecular formula is C18H34. The van der Waals surface area contributed by atoms with Gasteiger partial charge in [-0.1, -0.05) is 40.5 Å². The minimum atomic E-state index is 0.991. The highest BCUT2D eigenvalue weighted by atomic mass is 14.3. The van der Waals surface area contributed by atoms with Crippen LogP contribution >= 0.6 is 0 Å². The van der Waals surface area contributed by atoms with Gasteiger partial charge in [0.25, 0.3) is 0 Å². The maximum absolute atomic E-state index is 2.51. The Morgan fingerprint density at radius 1 is 0.611 bits per heavy atom. The molecule has 2 saturated carbocycles. The summed E-state index contributed by atoms with van der Waals surface area (Å²) in [6.45, 7) is 9.90. The van der Waals surface area contributed by atoms with Gasteiger partial charge in [-0.3, -0.25) is 0 Å². The van der Waals surface area contributed by atoms with Crippen LogP contribution in [-0.2, 0) is 0 Å². The highest BCUT2D eigenvalue weighted by molar-refractivity contribution is 4.80. The van der Waals surface area contributed by atoms with Crippen molar-refractivity contribution >= 4 is 0 Å². The largest absolute Gasteiger partial charge is 0.0625 e. The van der Waals surface area contributed by atoms with Crippen molar-refractivity contribution < 1.29 is 0 Å². The molecule has 2 aliphatic carbocycles. The van der Waals surface area contributed by atoms with Gasteiger partial charge in [0.2, 0.25) is 0 Å². The molecule has 0 aliphatic heterocycles. The van der Waals surface area contributed by atoms with Crippen LogP contribution in [0, 0.1) is 35.5 Å². The van der Waals surface area contributed by atoms with Gasteiger partial charge in [0.05, 0.1) is 0 Å². The fourth-order valence-corrected chi connectivity index (χ4v) is 4.74. The van der Waals surface area contributed by atoms with Gasteiger partial charge in [-0.15, -0.1) is 0 Å². The van der Waals surface area contributed by atoms with E-state index in [0.29, 0.717) is 0 Å². The van der Waals surface area contributed by atoms with E-state index in [2.05, 4.69) is 27.7 Å². The molecule has 2 fully saturated rings. The van der Waals surface area contributed by atoms with Gasteiger partial charge >= 0.3 is 0 Å². The topological polar surface area (TPSA) is 0 Å². The number of hydrogen-bond donors (Lipinski definition) is 0. The van der Waals surface area contributed by atoms with Crippen LogP contribution in [0.25, 0.3) is 0 Å². The van der Waals surface area contributed by atoms with E-state index in [1.54, 1.807) is 0 Å². The molecule has 0 aromatic carbocycles. The van der Waals surface area contributed by atoms with Crippen LogP contribution in [-0.4, -0.2) is 0 Å². The standard InChI is InChI=1S/C18H34/c1-13-5-7-17(15(3)11-13)9-10-18-8-6-14(2)12-16(18)4/h13-18H,5-12H2,1-4H3. The Labute approximate surface area is 115 Å². The summed E-state index contributed by atoms with van der Waals surface area (Å²) in [5, 5.41) is 0. The van der Waals surface area contributed by atoms with Crippen molar-refractivity contribution in [3.05, 3.63) is 0 Å². The molecule has 0 amide bonds. The zero-order valence-corrected chi connectivity index (χ0v) is 13.1. The summed E-state index contributed by atoms with van der Waals surface area (Å²) in [4.78, 5) is 0. The fourth-order valence-electron chi connectivity index (χ4n) is 4.74. The number of hydrogen-bond acceptors (Lipinski definition) is 0. The summed E-state index contributed by atoms with van der Waals surface area (Å²) < 4.78 is 0. The van der Waals surface area contributed by atoms with E-state index >= 15 is 0 Å². The van der Waals surface area contributed by atoms with Gasteiger partial charge in [-0.25, -0.2) is 0 Å². The van der Waals surface area contributed by atoms with Crippen LogP contribution in [0.15, 0.2) is 0 Å². The lowest BCUT2D eigenvalue weighted by Crippen LogP contribution is -2.25. The van der Waals surface area contributed by atoms with Gasteiger partial charge in [0.1, 0.15) is 0 Å². The van der Waals surface area contributed by atoms with Crippen molar-refractivity contribution in [1.29, 1.82) is 0 Å². The molecule has 0 N–H and O–H groups in total. The van der Waals surface area contributed by atoms with Crippen molar-refractivity contribution in [2.24, 2.45) is 35.5 Å². The average molecular weight is 250 g/mol. The van der Waals surface area contributed by atoms with Crippen molar-refractivity contribution in [2.75, 3.05) is 0 Å². The SMILES string of the molecule is CC1CCC(CCC2CCC(C)CC2C)C(C)C1. The summed E-state index contributed by atoms with van der Waals surface area (Å²) in [6, 6.07) is 0. The van der Waals surface area contributed by atoms with E-state index in [-0.39, 0.29) is 0 Å². The van der Waals surface area contributed by atoms with Gasteiger partial charge in [-0.05, 0) is 74.0 Å². The van der Waals surface area contributed by atoms with E-state index < -0.39 is 0 Å². The molecule has 0 aromatic rings. The Morgan fingerprint density at radius 2 is 1.00 bits per heavy atom. The van der Waals surface area contributed by atoms with Crippen molar-refractivity contribution in [3.8, 4) is 0 Å². The smallest absolute Gasteiger partial charge is 0.0388 e. The molecule has 0 heterocycles. The second-order valence-corrected chi connectivity index (χ2v) is 7.89. The lowest BCUT2D eigenvalue weighted by molar-refractivity contribution is 0.149. The van der Waals surface area contributed by atoms with Gasteiger partial charge in [0, 0.05) is 0 Å². The van der Waals surface area contributed by atoms with Crippen LogP contribution in [0.1, 0.15) is 79.1 Å². The normalized spacial score (nSPS) is 46.0. The van der Waals surface area contributed by atoms with E-state index in [1.165, 1.54) is 51.4 Å². The molecule has 18 heavy (non-hydrogen) atoms. The van der Waals surface area contributed by atoms with Gasteiger partial charge < -0.3 is 0 Å². The first kappa shape index (κ1) is 14.4. The molecule has 0 heteroatoms. The first-order chi connectivity index (χ1) is 8.56. The van der Waals surface area contributed by atoms with E-state index in [1.807, 2.05) is 0 Å². The molecule has 0 nitrogen and oxygen atoms in total. The monoisotopic (exact) mass is 250 g/mol. The molecule has 0 bridgehead atoms. The highest BCUT2D eigenvalue weighted by Gasteiger charge is 2.29. The molecule has 6 unspecified atom stereocenters. The van der Waals surface area contributed by atoms with Crippen molar-refractivity contribution in [3.63, 3.8) is 0 Å². The van der Waals surface area contributed by atoms with Crippen LogP contribution in [0.2, 0.25) is 0 Å². The molecule has 0 saturated heterocycles. The maximum atomic E-state index is 2.51. The zero-order valence-electron chi connectivity index (χ0n) is 13.1. The molecule has 106 valence electrons. The predicted molar refractivity (Wildman–Crippen MR) is 80.6 cm³/mol. The second kappa shape index (κ2) is 6.44. The first-order valence-electron chi connectivity index (χ1n) is 8.56. The average Bonchev–Trinajstić information content (AvgIpc) is 2.30. The minimum Gasteiger partial charge on any atom is -0.0625 e. The Morgan fingerprint density at radius 3 is 1.33 bits per heavy atom. The van der Waals surface area contributed by atoms with E-state index in [0.717, 1.165) is 35.5 Å². The quantitative estimate of drug-likeness (QED) is 0.584. The molecule has 0 aromatic heterocycles. The van der Waals surface area contributed by atoms with Crippen LogP contribution in [0.3, 0.4) is 0 Å². The Balaban J connectivity index is 1.74. The maximum Gasteiger partial charge on any atom is -0.0388 e. The third kappa shape index (κ3) is 3.75. The Hall–Kier alpha value is 0. The summed E-state index contributed by atoms with van der Waals surface area (Å²) in [6.07, 6.45) is 12.0. The summed E-state index contributed by atoms with van der Waals surface area (Å²) in [5.74, 6) is 6.06. The summed E-state index contributed by atoms with van der Waals surface area (Å²) >= 11 is 0. The molecule has 2 rings (SSSR count). The Bertz CT molecular complexity index is 218. The third-order valence-electron chi connectivity index (χ3n) is 6.13. The fraction of sp³-hybridized carbons (Fsp3) is 1.00. The van der Waals surface area contributed by atoms with Crippen molar-refractivity contribution in [1.82, 2.24) is 0 Å². The minimum absolute atomic E-state index is 0.991. The molecule has 0 radical (unpaired) electrons. The van der Waals surface area contributed by atoms with Crippen LogP contribution in [0.4, 0.5) is 0 Å². The summed E-state index contributed by atoms with van der Waals surface area (Å²) in [5.41, 5.74) is 0. The molecule has 6 atom stereocenters. The van der Waals surface area contributed by atoms with Crippen molar-refractivity contribution in [2.45, 2.75) is 79.1 Å². The zero-order chi connectivity index (χ0) is 13.1. The Kier molecular flexibility index (Phi) is 5.15. The van der Waals surface area contributed by atoms with Gasteiger partial charge in [0.15, 0.2) is 0 Å². The molecule has 2 aliphatic rings. The van der Waals surface area contributed by atoms with E-state index in [4.69, 9.17) is 0 Å². The van der Waals surface area contributed by atoms with Crippen LogP contribution in [0.5, 0.6) is 0 Å². The third-order valence-corrected chi connectivity index (χ3v) is 6.13. The lowest BCUT2D eigenvalue weighted by Gasteiger charge is -2.36. The number of rotatable bonds is 3. The van der Waals surface area contributed by atoms with E-state index in [9.17, 15) is 0 Å². The molecule has 0 spiro atoms. The van der Waals surface area contributed by atoms with Crippen LogP contribution < -0.4 is 0 Å². The highest BCUT2D eigenvalue weighted by Crippen LogP contribution is 2.40. The molecular weight excluding hydrogens is 216 g/mol. The summed E-state index contributed by atoms with van der Waals surface area (Å²) in [7, 11) is 0. The lowest BCUT2D eigenvalue weighted by atomic mass is 9.69.